The normalized spacial score (nSPS) is 53.4. The summed E-state index contributed by atoms with van der Waals surface area (Å²) in [5.41, 5.74) is 0.677. The van der Waals surface area contributed by atoms with Gasteiger partial charge in [-0.2, -0.15) is 0 Å². The number of guanidine groups is 1. The van der Waals surface area contributed by atoms with Crippen molar-refractivity contribution >= 4 is 11.9 Å². The summed E-state index contributed by atoms with van der Waals surface area (Å²) in [6.45, 7) is 4.99. The number of rotatable bonds is 5. The van der Waals surface area contributed by atoms with Gasteiger partial charge < -0.3 is 0 Å². The van der Waals surface area contributed by atoms with E-state index in [1.54, 1.807) is 0 Å². The number of fused-ring (bicyclic) bond motifs is 3. The first-order valence-electron chi connectivity index (χ1n) is 15.3. The molecule has 6 saturated carbocycles. The summed E-state index contributed by atoms with van der Waals surface area (Å²) in [6.07, 6.45) is 21.5. The molecule has 9 atom stereocenters. The van der Waals surface area contributed by atoms with Gasteiger partial charge in [0.1, 0.15) is 0 Å². The third kappa shape index (κ3) is 2.51. The van der Waals surface area contributed by atoms with Gasteiger partial charge in [0.25, 0.3) is 0 Å². The van der Waals surface area contributed by atoms with Crippen molar-refractivity contribution in [3.05, 3.63) is 0 Å². The molecule has 9 aliphatic rings. The van der Waals surface area contributed by atoms with E-state index in [1.807, 2.05) is 0 Å². The number of amides is 1. The average Bonchev–Trinajstić information content (AvgIpc) is 3.45. The molecule has 6 aliphatic carbocycles. The zero-order valence-corrected chi connectivity index (χ0v) is 24.2. The van der Waals surface area contributed by atoms with E-state index in [4.69, 9.17) is 0 Å². The van der Waals surface area contributed by atoms with Gasteiger partial charge in [0, 0.05) is 0 Å². The standard InChI is InChI=1S/C30H46IN3O/c1-28(2)20-12-13-23(22(28)17-20)31-33-26(35)30(16-14-19-9-5-3-6-10-19)18-29-15-8-4-7-11-21(29)24-25(29)34(24,30)27(33)32/h19-25,32H,3-18H2,1-2H3/t20-,21?,22-,23+,24?,25?,29?,30+,34?/m0/s1. The van der Waals surface area contributed by atoms with Crippen LogP contribution in [-0.2, 0) is 4.79 Å². The third-order valence-corrected chi connectivity index (χ3v) is 17.3. The van der Waals surface area contributed by atoms with Gasteiger partial charge in [-0.25, -0.2) is 0 Å². The Kier molecular flexibility index (Phi) is 4.73. The van der Waals surface area contributed by atoms with E-state index < -0.39 is 21.5 Å². The van der Waals surface area contributed by atoms with Crippen LogP contribution in [0, 0.1) is 39.9 Å². The third-order valence-electron chi connectivity index (χ3n) is 13.7. The van der Waals surface area contributed by atoms with Crippen LogP contribution in [-0.4, -0.2) is 41.0 Å². The van der Waals surface area contributed by atoms with Crippen molar-refractivity contribution in [2.24, 2.45) is 34.5 Å². The maximum atomic E-state index is 14.7. The summed E-state index contributed by atoms with van der Waals surface area (Å²) >= 11 is -0.421. The minimum atomic E-state index is -0.421. The van der Waals surface area contributed by atoms with Gasteiger partial charge in [-0.15, -0.1) is 0 Å². The van der Waals surface area contributed by atoms with Crippen molar-refractivity contribution < 1.29 is 30.8 Å². The molecule has 1 amide bonds. The van der Waals surface area contributed by atoms with Crippen LogP contribution in [0.25, 0.3) is 0 Å². The zero-order valence-electron chi connectivity index (χ0n) is 22.0. The Hall–Kier alpha value is -0.170. The number of hydrogen-bond donors (Lipinski definition) is 1. The van der Waals surface area contributed by atoms with Crippen LogP contribution in [0.15, 0.2) is 0 Å². The van der Waals surface area contributed by atoms with Gasteiger partial charge in [0.15, 0.2) is 0 Å². The second-order valence-electron chi connectivity index (χ2n) is 14.9. The van der Waals surface area contributed by atoms with Crippen molar-refractivity contribution in [3.63, 3.8) is 0 Å². The number of nitrogens with one attached hydrogen (secondary N) is 1. The molecule has 9 rings (SSSR count). The summed E-state index contributed by atoms with van der Waals surface area (Å²) in [5, 5.41) is 9.71. The quantitative estimate of drug-likeness (QED) is 0.173. The second kappa shape index (κ2) is 7.27. The number of hydrogen-bond acceptors (Lipinski definition) is 2. The Morgan fingerprint density at radius 1 is 1.00 bits per heavy atom. The van der Waals surface area contributed by atoms with Crippen molar-refractivity contribution in [3.8, 4) is 0 Å². The molecular formula is C30H46IN3O. The molecule has 4 nitrogen and oxygen atoms in total. The first-order chi connectivity index (χ1) is 16.9. The fourth-order valence-electron chi connectivity index (χ4n) is 11.9. The number of carbonyl (C=O) groups excluding carboxylic acids is 1. The van der Waals surface area contributed by atoms with Crippen LogP contribution >= 0.6 is 0 Å². The molecule has 3 saturated heterocycles. The van der Waals surface area contributed by atoms with Crippen molar-refractivity contribution in [1.82, 2.24) is 3.11 Å². The number of halogens is 1. The summed E-state index contributed by atoms with van der Waals surface area (Å²) in [4.78, 5) is 14.7. The maximum absolute atomic E-state index is 14.7. The van der Waals surface area contributed by atoms with Gasteiger partial charge in [-0.3, -0.25) is 0 Å². The molecule has 0 aromatic heterocycles. The molecule has 2 bridgehead atoms. The van der Waals surface area contributed by atoms with Gasteiger partial charge >= 0.3 is 224 Å². The zero-order chi connectivity index (χ0) is 23.8. The monoisotopic (exact) mass is 591 g/mol. The van der Waals surface area contributed by atoms with Gasteiger partial charge in [0.2, 0.25) is 0 Å². The number of carbonyl (C=O) groups is 1. The molecule has 1 N–H and O–H groups in total. The van der Waals surface area contributed by atoms with Crippen LogP contribution in [0.2, 0.25) is 0 Å². The first kappa shape index (κ1) is 22.8. The van der Waals surface area contributed by atoms with E-state index in [0.29, 0.717) is 28.8 Å². The van der Waals surface area contributed by atoms with Crippen molar-refractivity contribution in [2.75, 3.05) is 0 Å². The van der Waals surface area contributed by atoms with E-state index in [9.17, 15) is 10.2 Å². The Balaban J connectivity index is 1.12. The van der Waals surface area contributed by atoms with Crippen LogP contribution < -0.4 is 21.5 Å². The van der Waals surface area contributed by atoms with Gasteiger partial charge in [-0.05, 0) is 0 Å². The van der Waals surface area contributed by atoms with E-state index in [2.05, 4.69) is 17.0 Å². The summed E-state index contributed by atoms with van der Waals surface area (Å²) < 4.78 is 3.83. The molecule has 9 fully saturated rings. The fraction of sp³-hybridized carbons (Fsp3) is 0.933. The van der Waals surface area contributed by atoms with E-state index in [0.717, 1.165) is 50.9 Å². The van der Waals surface area contributed by atoms with E-state index in [-0.39, 0.29) is 5.54 Å². The molecule has 35 heavy (non-hydrogen) atoms. The van der Waals surface area contributed by atoms with Crippen LogP contribution in [0.5, 0.6) is 0 Å². The van der Waals surface area contributed by atoms with Gasteiger partial charge in [-0.1, -0.05) is 0 Å². The molecule has 194 valence electrons. The second-order valence-corrected chi connectivity index (χ2v) is 18.0. The molecule has 2 spiro atoms. The number of quaternary nitrogens is 1. The first-order valence-corrected chi connectivity index (χ1v) is 17.5. The minimum absolute atomic E-state index is 0.225. The Morgan fingerprint density at radius 2 is 1.77 bits per heavy atom. The van der Waals surface area contributed by atoms with Crippen LogP contribution in [0.1, 0.15) is 117 Å². The molecule has 0 aromatic carbocycles. The van der Waals surface area contributed by atoms with Crippen molar-refractivity contribution in [2.45, 2.75) is 138 Å². The molecule has 5 heteroatoms. The molecule has 5 unspecified atom stereocenters. The van der Waals surface area contributed by atoms with Crippen molar-refractivity contribution in [1.29, 1.82) is 5.41 Å². The Bertz CT molecular complexity index is 973. The molecule has 0 radical (unpaired) electrons. The van der Waals surface area contributed by atoms with E-state index >= 15 is 0 Å². The summed E-state index contributed by atoms with van der Waals surface area (Å²) in [6, 6.07) is 1.30. The molecule has 0 aromatic rings. The molecule has 3 heterocycles. The Labute approximate surface area is 223 Å². The predicted molar refractivity (Wildman–Crippen MR) is 133 cm³/mol. The SMILES string of the molecule is CC1(C)[C@H]2CC[C@@H]([I-]N3C(=N)[N+]45C6C7CCCCCC7(C[C@]4(CCC4CCCCC4)C3=O)C65)[C@@H]1C2. The average molecular weight is 592 g/mol. The Morgan fingerprint density at radius 3 is 2.54 bits per heavy atom. The van der Waals surface area contributed by atoms with Crippen LogP contribution in [0.3, 0.4) is 0 Å². The predicted octanol–water partition coefficient (Wildman–Crippen LogP) is 3.24. The van der Waals surface area contributed by atoms with Crippen LogP contribution in [0.4, 0.5) is 0 Å². The topological polar surface area (TPSA) is 44.2 Å². The number of nitrogens with zero attached hydrogens (tertiary/aromatic N) is 2. The molecular weight excluding hydrogens is 545 g/mol. The molecule has 3 aliphatic heterocycles. The summed E-state index contributed by atoms with van der Waals surface area (Å²) in [5.74, 6) is 4.69. The fourth-order valence-corrected chi connectivity index (χ4v) is 16.2. The van der Waals surface area contributed by atoms with E-state index in [1.165, 1.54) is 89.9 Å². The number of alkyl halides is 1. The summed E-state index contributed by atoms with van der Waals surface area (Å²) in [7, 11) is 0. The number of piperidine rings is 2. The van der Waals surface area contributed by atoms with Gasteiger partial charge in [0.05, 0.1) is 0 Å².